The lowest BCUT2D eigenvalue weighted by Crippen LogP contribution is -2.58. The minimum absolute atomic E-state index is 0.0440. The summed E-state index contributed by atoms with van der Waals surface area (Å²) in [5.74, 6) is -1.05. The molecule has 2 aliphatic heterocycles. The zero-order valence-electron chi connectivity index (χ0n) is 21.6. The predicted molar refractivity (Wildman–Crippen MR) is 143 cm³/mol. The Bertz CT molecular complexity index is 1220. The quantitative estimate of drug-likeness (QED) is 0.477. The molecule has 8 nitrogen and oxygen atoms in total. The number of H-pyrrole nitrogens is 1. The number of amides is 2. The fourth-order valence-electron chi connectivity index (χ4n) is 5.01. The van der Waals surface area contributed by atoms with E-state index in [1.165, 1.54) is 12.1 Å². The molecule has 5 rings (SSSR count). The Kier molecular flexibility index (Phi) is 8.17. The van der Waals surface area contributed by atoms with Crippen molar-refractivity contribution in [1.29, 1.82) is 0 Å². The average Bonchev–Trinajstić information content (AvgIpc) is 3.65. The molecule has 3 heterocycles. The zero-order chi connectivity index (χ0) is 26.5. The first-order valence-electron chi connectivity index (χ1n) is 13.2. The summed E-state index contributed by atoms with van der Waals surface area (Å²) >= 11 is 0. The number of hydrazine groups is 1. The third-order valence-electron chi connectivity index (χ3n) is 7.20. The molecule has 1 aromatic heterocycles. The summed E-state index contributed by atoms with van der Waals surface area (Å²) < 4.78 is 19.6. The number of hydrogen-bond donors (Lipinski definition) is 2. The average molecular weight is 520 g/mol. The van der Waals surface area contributed by atoms with Crippen LogP contribution in [-0.4, -0.2) is 84.2 Å². The van der Waals surface area contributed by atoms with E-state index in [-0.39, 0.29) is 17.9 Å². The van der Waals surface area contributed by atoms with Gasteiger partial charge in [0, 0.05) is 45.0 Å². The van der Waals surface area contributed by atoms with Gasteiger partial charge in [0.25, 0.3) is 5.91 Å². The zero-order valence-corrected chi connectivity index (χ0v) is 21.6. The van der Waals surface area contributed by atoms with Crippen LogP contribution in [0.5, 0.6) is 0 Å². The largest absolute Gasteiger partial charge is 0.376 e. The molecule has 3 aromatic rings. The maximum atomic E-state index is 14.2. The molecule has 2 aliphatic rings. The second-order valence-corrected chi connectivity index (χ2v) is 9.89. The van der Waals surface area contributed by atoms with E-state index in [4.69, 9.17) is 4.74 Å². The number of carbonyl (C=O) groups excluding carboxylic acids is 2. The van der Waals surface area contributed by atoms with E-state index >= 15 is 0 Å². The Labute approximate surface area is 222 Å². The van der Waals surface area contributed by atoms with Crippen molar-refractivity contribution >= 4 is 11.8 Å². The molecule has 2 saturated heterocycles. The van der Waals surface area contributed by atoms with Gasteiger partial charge in [-0.3, -0.25) is 14.6 Å². The molecule has 2 amide bonds. The number of nitrogens with zero attached hydrogens (tertiary/aromatic N) is 3. The second-order valence-electron chi connectivity index (χ2n) is 9.89. The lowest BCUT2D eigenvalue weighted by atomic mass is 10.0. The number of benzene rings is 2. The van der Waals surface area contributed by atoms with Crippen LogP contribution in [0.4, 0.5) is 4.39 Å². The van der Waals surface area contributed by atoms with Gasteiger partial charge in [0.15, 0.2) is 6.04 Å². The molecular formula is C29H34FN5O3. The van der Waals surface area contributed by atoms with Crippen molar-refractivity contribution in [3.8, 4) is 11.3 Å². The smallest absolute Gasteiger partial charge is 0.285 e. The molecule has 2 fully saturated rings. The van der Waals surface area contributed by atoms with Crippen LogP contribution in [0.15, 0.2) is 66.7 Å². The van der Waals surface area contributed by atoms with Crippen LogP contribution in [0.1, 0.15) is 34.9 Å². The number of likely N-dealkylation sites (N-methyl/N-ethyl adjacent to an activating group) is 1. The first kappa shape index (κ1) is 26.1. The predicted octanol–water partition coefficient (Wildman–Crippen LogP) is 3.46. The topological polar surface area (TPSA) is 80.9 Å². The molecule has 0 radical (unpaired) electrons. The van der Waals surface area contributed by atoms with Crippen molar-refractivity contribution in [3.05, 3.63) is 83.8 Å². The molecule has 2 N–H and O–H groups in total. The van der Waals surface area contributed by atoms with Crippen LogP contribution in [0.3, 0.4) is 0 Å². The number of ether oxygens (including phenoxy) is 1. The summed E-state index contributed by atoms with van der Waals surface area (Å²) in [6, 6.07) is 18.2. The maximum absolute atomic E-state index is 14.2. The van der Waals surface area contributed by atoms with Gasteiger partial charge < -0.3 is 19.9 Å². The van der Waals surface area contributed by atoms with Crippen LogP contribution in [-0.2, 0) is 9.53 Å². The van der Waals surface area contributed by atoms with Gasteiger partial charge >= 0.3 is 0 Å². The van der Waals surface area contributed by atoms with Crippen LogP contribution < -0.4 is 5.32 Å². The number of rotatable bonds is 8. The molecule has 0 aliphatic carbocycles. The molecular weight excluding hydrogens is 485 g/mol. The maximum Gasteiger partial charge on any atom is 0.285 e. The lowest BCUT2D eigenvalue weighted by molar-refractivity contribution is -0.135. The first-order valence-corrected chi connectivity index (χ1v) is 13.2. The summed E-state index contributed by atoms with van der Waals surface area (Å²) in [5.41, 5.74) is 2.69. The number of nitrogens with one attached hydrogen (secondary N) is 2. The summed E-state index contributed by atoms with van der Waals surface area (Å²) in [6.45, 7) is 3.69. The van der Waals surface area contributed by atoms with Crippen LogP contribution in [0, 0.1) is 5.82 Å². The number of carbonyl (C=O) groups is 2. The highest BCUT2D eigenvalue weighted by Gasteiger charge is 2.38. The summed E-state index contributed by atoms with van der Waals surface area (Å²) in [5, 5.41) is 6.49. The van der Waals surface area contributed by atoms with E-state index in [2.05, 4.69) is 15.2 Å². The highest BCUT2D eigenvalue weighted by Crippen LogP contribution is 2.28. The van der Waals surface area contributed by atoms with Gasteiger partial charge in [-0.1, -0.05) is 42.5 Å². The van der Waals surface area contributed by atoms with E-state index in [0.29, 0.717) is 37.5 Å². The Morgan fingerprint density at radius 3 is 2.47 bits per heavy atom. The Morgan fingerprint density at radius 1 is 1.05 bits per heavy atom. The number of aromatic amines is 1. The molecule has 2 aromatic carbocycles. The molecule has 0 spiro atoms. The number of aromatic nitrogens is 1. The first-order chi connectivity index (χ1) is 18.5. The fourth-order valence-corrected chi connectivity index (χ4v) is 5.01. The van der Waals surface area contributed by atoms with E-state index < -0.39 is 11.9 Å². The molecule has 38 heavy (non-hydrogen) atoms. The minimum atomic E-state index is -0.976. The SMILES string of the molecule is CN1CCN(N(C(=O)c2ccc(-c3ccccc3)[nH]2)C(C(=O)NCC2CCCO2)c2ccc(F)cc2)CC1. The number of hydrogen-bond acceptors (Lipinski definition) is 5. The van der Waals surface area contributed by atoms with Crippen molar-refractivity contribution in [2.24, 2.45) is 0 Å². The van der Waals surface area contributed by atoms with Crippen LogP contribution in [0.2, 0.25) is 0 Å². The Hall–Kier alpha value is -3.53. The monoisotopic (exact) mass is 519 g/mol. The Balaban J connectivity index is 1.49. The second kappa shape index (κ2) is 11.9. The lowest BCUT2D eigenvalue weighted by Gasteiger charge is -2.43. The van der Waals surface area contributed by atoms with Crippen molar-refractivity contribution < 1.29 is 18.7 Å². The minimum Gasteiger partial charge on any atom is -0.376 e. The van der Waals surface area contributed by atoms with Crippen LogP contribution >= 0.6 is 0 Å². The number of piperazine rings is 1. The summed E-state index contributed by atoms with van der Waals surface area (Å²) in [6.07, 6.45) is 1.80. The van der Waals surface area contributed by atoms with Crippen molar-refractivity contribution in [2.45, 2.75) is 25.0 Å². The van der Waals surface area contributed by atoms with Gasteiger partial charge in [0.1, 0.15) is 11.5 Å². The molecule has 2 atom stereocenters. The highest BCUT2D eigenvalue weighted by atomic mass is 19.1. The summed E-state index contributed by atoms with van der Waals surface area (Å²) in [4.78, 5) is 33.4. The van der Waals surface area contributed by atoms with E-state index in [1.54, 1.807) is 23.2 Å². The molecule has 9 heteroatoms. The molecule has 0 saturated carbocycles. The van der Waals surface area contributed by atoms with Gasteiger partial charge in [-0.15, -0.1) is 0 Å². The van der Waals surface area contributed by atoms with Crippen molar-refractivity contribution in [3.63, 3.8) is 0 Å². The van der Waals surface area contributed by atoms with Gasteiger partial charge in [-0.25, -0.2) is 9.40 Å². The molecule has 0 bridgehead atoms. The van der Waals surface area contributed by atoms with Gasteiger partial charge in [0.2, 0.25) is 5.91 Å². The third kappa shape index (κ3) is 5.96. The fraction of sp³-hybridized carbons (Fsp3) is 0.379. The van der Waals surface area contributed by atoms with Crippen molar-refractivity contribution in [1.82, 2.24) is 25.2 Å². The standard InChI is InChI=1S/C29H34FN5O3/c1-33-15-17-34(18-16-33)35(29(37)26-14-13-25(32-26)21-6-3-2-4-7-21)27(22-9-11-23(30)12-10-22)28(36)31-20-24-8-5-19-38-24/h2-4,6-7,9-14,24,27,32H,5,8,15-20H2,1H3,(H,31,36). The van der Waals surface area contributed by atoms with Crippen molar-refractivity contribution in [2.75, 3.05) is 46.4 Å². The summed E-state index contributed by atoms with van der Waals surface area (Å²) in [7, 11) is 2.03. The normalized spacial score (nSPS) is 19.3. The van der Waals surface area contributed by atoms with E-state index in [1.807, 2.05) is 48.5 Å². The van der Waals surface area contributed by atoms with Crippen LogP contribution in [0.25, 0.3) is 11.3 Å². The van der Waals surface area contributed by atoms with Gasteiger partial charge in [0.05, 0.1) is 6.10 Å². The molecule has 2 unspecified atom stereocenters. The van der Waals surface area contributed by atoms with E-state index in [0.717, 1.165) is 37.2 Å². The molecule has 200 valence electrons. The Morgan fingerprint density at radius 2 is 1.79 bits per heavy atom. The highest BCUT2D eigenvalue weighted by molar-refractivity contribution is 5.97. The third-order valence-corrected chi connectivity index (χ3v) is 7.20. The van der Waals surface area contributed by atoms with Gasteiger partial charge in [-0.05, 0) is 55.3 Å². The van der Waals surface area contributed by atoms with Gasteiger partial charge in [-0.2, -0.15) is 0 Å². The number of halogens is 1. The van der Waals surface area contributed by atoms with E-state index in [9.17, 15) is 14.0 Å².